The zero-order valence-corrected chi connectivity index (χ0v) is 18.6. The molecule has 1 heterocycles. The molecule has 0 aliphatic carbocycles. The Morgan fingerprint density at radius 3 is 2.26 bits per heavy atom. The van der Waals surface area contributed by atoms with Gasteiger partial charge in [-0.2, -0.15) is 5.10 Å². The highest BCUT2D eigenvalue weighted by Crippen LogP contribution is 2.21. The van der Waals surface area contributed by atoms with E-state index < -0.39 is 5.91 Å². The summed E-state index contributed by atoms with van der Waals surface area (Å²) in [5.74, 6) is -0.861. The van der Waals surface area contributed by atoms with Gasteiger partial charge in [-0.25, -0.2) is 5.43 Å². The maximum atomic E-state index is 12.7. The Morgan fingerprint density at radius 1 is 0.935 bits per heavy atom. The first kappa shape index (κ1) is 22.2. The zero-order valence-electron chi connectivity index (χ0n) is 17.8. The van der Waals surface area contributed by atoms with Crippen LogP contribution in [0, 0.1) is 0 Å². The van der Waals surface area contributed by atoms with Crippen LogP contribution >= 0.6 is 11.3 Å². The first-order chi connectivity index (χ1) is 14.8. The quantitative estimate of drug-likeness (QED) is 0.329. The van der Waals surface area contributed by atoms with E-state index in [2.05, 4.69) is 36.6 Å². The minimum atomic E-state index is -0.500. The molecule has 0 unspecified atom stereocenters. The van der Waals surface area contributed by atoms with E-state index in [1.54, 1.807) is 36.6 Å². The Labute approximate surface area is 186 Å². The molecule has 0 saturated carbocycles. The van der Waals surface area contributed by atoms with Crippen LogP contribution in [0.25, 0.3) is 6.08 Å². The first-order valence-corrected chi connectivity index (χ1v) is 10.8. The van der Waals surface area contributed by atoms with Gasteiger partial charge in [-0.1, -0.05) is 69.3 Å². The van der Waals surface area contributed by atoms with Crippen LogP contribution < -0.4 is 10.7 Å². The van der Waals surface area contributed by atoms with Crippen molar-refractivity contribution in [2.45, 2.75) is 26.2 Å². The number of hydrazone groups is 1. The molecule has 31 heavy (non-hydrogen) atoms. The molecule has 2 N–H and O–H groups in total. The molecule has 1 aromatic heterocycles. The van der Waals surface area contributed by atoms with Gasteiger partial charge in [-0.05, 0) is 46.2 Å². The molecule has 2 aromatic carbocycles. The second-order valence-corrected chi connectivity index (χ2v) is 8.94. The molecule has 3 aromatic rings. The second kappa shape index (κ2) is 10.00. The number of carbonyl (C=O) groups excluding carboxylic acids is 2. The van der Waals surface area contributed by atoms with Gasteiger partial charge in [-0.15, -0.1) is 11.3 Å². The highest BCUT2D eigenvalue weighted by Gasteiger charge is 2.15. The average molecular weight is 432 g/mol. The summed E-state index contributed by atoms with van der Waals surface area (Å²) in [7, 11) is 0. The average Bonchev–Trinajstić information content (AvgIpc) is 3.26. The van der Waals surface area contributed by atoms with E-state index in [1.165, 1.54) is 16.9 Å². The second-order valence-electron chi connectivity index (χ2n) is 7.96. The summed E-state index contributed by atoms with van der Waals surface area (Å²) in [6.07, 6.45) is 3.21. The molecule has 3 rings (SSSR count). The Hall–Kier alpha value is -3.51. The molecule has 6 heteroatoms. The van der Waals surface area contributed by atoms with Gasteiger partial charge >= 0.3 is 0 Å². The van der Waals surface area contributed by atoms with Gasteiger partial charge in [0.25, 0.3) is 11.8 Å². The molecular weight excluding hydrogens is 406 g/mol. The Balaban J connectivity index is 1.71. The van der Waals surface area contributed by atoms with E-state index in [4.69, 9.17) is 0 Å². The van der Waals surface area contributed by atoms with Crippen molar-refractivity contribution in [3.05, 3.63) is 99.4 Å². The molecule has 0 aliphatic rings. The van der Waals surface area contributed by atoms with Crippen LogP contribution in [0.1, 0.15) is 47.1 Å². The number of hydrogen-bond acceptors (Lipinski definition) is 4. The minimum absolute atomic E-state index is 0.0718. The van der Waals surface area contributed by atoms with Crippen LogP contribution in [0.4, 0.5) is 0 Å². The molecule has 0 aliphatic heterocycles. The van der Waals surface area contributed by atoms with Crippen LogP contribution in [0.5, 0.6) is 0 Å². The monoisotopic (exact) mass is 431 g/mol. The normalized spacial score (nSPS) is 12.0. The van der Waals surface area contributed by atoms with Crippen molar-refractivity contribution in [1.29, 1.82) is 0 Å². The van der Waals surface area contributed by atoms with E-state index >= 15 is 0 Å². The predicted molar refractivity (Wildman–Crippen MR) is 127 cm³/mol. The van der Waals surface area contributed by atoms with E-state index in [9.17, 15) is 9.59 Å². The third-order valence-electron chi connectivity index (χ3n) is 4.52. The van der Waals surface area contributed by atoms with Crippen LogP contribution in [-0.4, -0.2) is 18.0 Å². The Morgan fingerprint density at radius 2 is 1.65 bits per heavy atom. The summed E-state index contributed by atoms with van der Waals surface area (Å²) in [4.78, 5) is 26.1. The zero-order chi connectivity index (χ0) is 22.3. The summed E-state index contributed by atoms with van der Waals surface area (Å²) in [5.41, 5.74) is 5.25. The summed E-state index contributed by atoms with van der Waals surface area (Å²) in [5, 5.41) is 8.64. The maximum Gasteiger partial charge on any atom is 0.287 e. The summed E-state index contributed by atoms with van der Waals surface area (Å²) in [6.45, 7) is 6.46. The number of nitrogens with one attached hydrogen (secondary N) is 2. The number of rotatable bonds is 6. The molecule has 2 amide bonds. The molecule has 0 fully saturated rings. The molecule has 0 bridgehead atoms. The van der Waals surface area contributed by atoms with Gasteiger partial charge in [0.1, 0.15) is 5.70 Å². The van der Waals surface area contributed by atoms with Crippen molar-refractivity contribution in [1.82, 2.24) is 10.7 Å². The number of thiophene rings is 1. The molecular formula is C25H25N3O2S. The number of amides is 2. The fourth-order valence-corrected chi connectivity index (χ4v) is 3.41. The van der Waals surface area contributed by atoms with Crippen LogP contribution in [0.15, 0.2) is 82.9 Å². The fourth-order valence-electron chi connectivity index (χ4n) is 2.75. The summed E-state index contributed by atoms with van der Waals surface area (Å²) >= 11 is 1.47. The third kappa shape index (κ3) is 6.49. The summed E-state index contributed by atoms with van der Waals surface area (Å²) < 4.78 is 0. The minimum Gasteiger partial charge on any atom is -0.317 e. The van der Waals surface area contributed by atoms with Gasteiger partial charge < -0.3 is 5.32 Å². The van der Waals surface area contributed by atoms with E-state index in [-0.39, 0.29) is 17.0 Å². The molecule has 0 saturated heterocycles. The SMILES string of the molecule is CC(C)(C)c1ccc(/C=N\NC(=O)/C(=C\c2cccs2)NC(=O)c2ccccc2)cc1. The standard InChI is InChI=1S/C25H25N3O2S/c1-25(2,3)20-13-11-18(12-14-20)17-26-28-24(30)22(16-21-10-7-15-31-21)27-23(29)19-8-5-4-6-9-19/h4-17H,1-3H3,(H,27,29)(H,28,30)/b22-16+,26-17-. The van der Waals surface area contributed by atoms with Crippen molar-refractivity contribution in [3.8, 4) is 0 Å². The number of benzene rings is 2. The van der Waals surface area contributed by atoms with Crippen LogP contribution in [-0.2, 0) is 10.2 Å². The van der Waals surface area contributed by atoms with E-state index in [0.29, 0.717) is 5.56 Å². The van der Waals surface area contributed by atoms with Crippen molar-refractivity contribution in [2.75, 3.05) is 0 Å². The first-order valence-electron chi connectivity index (χ1n) is 9.88. The molecule has 0 atom stereocenters. The van der Waals surface area contributed by atoms with Crippen molar-refractivity contribution in [2.24, 2.45) is 5.10 Å². The lowest BCUT2D eigenvalue weighted by atomic mass is 9.87. The van der Waals surface area contributed by atoms with Crippen molar-refractivity contribution in [3.63, 3.8) is 0 Å². The lowest BCUT2D eigenvalue weighted by Gasteiger charge is -2.18. The predicted octanol–water partition coefficient (Wildman–Crippen LogP) is 4.97. The lowest BCUT2D eigenvalue weighted by Crippen LogP contribution is -2.32. The molecule has 5 nitrogen and oxygen atoms in total. The van der Waals surface area contributed by atoms with E-state index in [1.807, 2.05) is 47.8 Å². The molecule has 0 spiro atoms. The van der Waals surface area contributed by atoms with Crippen molar-refractivity contribution < 1.29 is 9.59 Å². The molecule has 158 valence electrons. The highest BCUT2D eigenvalue weighted by molar-refractivity contribution is 7.10. The lowest BCUT2D eigenvalue weighted by molar-refractivity contribution is -0.117. The number of nitrogens with zero attached hydrogens (tertiary/aromatic N) is 1. The topological polar surface area (TPSA) is 70.6 Å². The van der Waals surface area contributed by atoms with Crippen LogP contribution in [0.2, 0.25) is 0 Å². The van der Waals surface area contributed by atoms with Gasteiger partial charge in [0.2, 0.25) is 0 Å². The largest absolute Gasteiger partial charge is 0.317 e. The third-order valence-corrected chi connectivity index (χ3v) is 5.33. The fraction of sp³-hybridized carbons (Fsp3) is 0.160. The summed E-state index contributed by atoms with van der Waals surface area (Å²) in [6, 6.07) is 20.5. The van der Waals surface area contributed by atoms with Gasteiger partial charge in [0.05, 0.1) is 6.21 Å². The number of carbonyl (C=O) groups is 2. The highest BCUT2D eigenvalue weighted by atomic mass is 32.1. The Bertz CT molecular complexity index is 1080. The molecule has 0 radical (unpaired) electrons. The number of hydrogen-bond donors (Lipinski definition) is 2. The maximum absolute atomic E-state index is 12.7. The van der Waals surface area contributed by atoms with Crippen molar-refractivity contribution >= 4 is 35.4 Å². The van der Waals surface area contributed by atoms with Gasteiger partial charge in [0, 0.05) is 10.4 Å². The Kier molecular flexibility index (Phi) is 7.15. The van der Waals surface area contributed by atoms with Gasteiger partial charge in [0.15, 0.2) is 0 Å². The smallest absolute Gasteiger partial charge is 0.287 e. The van der Waals surface area contributed by atoms with Crippen LogP contribution in [0.3, 0.4) is 0 Å². The van der Waals surface area contributed by atoms with Gasteiger partial charge in [-0.3, -0.25) is 9.59 Å². The van der Waals surface area contributed by atoms with E-state index in [0.717, 1.165) is 10.4 Å².